The molecule has 0 aliphatic carbocycles. The van der Waals surface area contributed by atoms with E-state index in [1.807, 2.05) is 20.8 Å². The lowest BCUT2D eigenvalue weighted by Crippen LogP contribution is -2.26. The third-order valence-corrected chi connectivity index (χ3v) is 1.55. The molecule has 76 valence electrons. The van der Waals surface area contributed by atoms with Crippen LogP contribution in [0, 0.1) is 0 Å². The third-order valence-electron chi connectivity index (χ3n) is 1.55. The summed E-state index contributed by atoms with van der Waals surface area (Å²) < 4.78 is 0. The first-order chi connectivity index (χ1) is 6.38. The molecule has 0 unspecified atom stereocenters. The Kier molecular flexibility index (Phi) is 2.74. The molecule has 0 radical (unpaired) electrons. The number of hydrogen-bond acceptors (Lipinski definition) is 3. The zero-order valence-corrected chi connectivity index (χ0v) is 8.66. The summed E-state index contributed by atoms with van der Waals surface area (Å²) in [4.78, 5) is 14.8. The zero-order valence-electron chi connectivity index (χ0n) is 8.66. The van der Waals surface area contributed by atoms with Crippen LogP contribution in [-0.4, -0.2) is 16.4 Å². The van der Waals surface area contributed by atoms with Crippen LogP contribution in [0.1, 0.15) is 31.1 Å². The number of primary amides is 1. The number of nitrogens with zero attached hydrogens (tertiary/aromatic N) is 1. The summed E-state index contributed by atoms with van der Waals surface area (Å²) in [6.45, 7) is 6.12. The van der Waals surface area contributed by atoms with Crippen molar-refractivity contribution in [1.29, 1.82) is 0 Å². The Morgan fingerprint density at radius 3 is 2.43 bits per heavy atom. The Bertz CT molecular complexity index is 324. The molecule has 0 saturated carbocycles. The van der Waals surface area contributed by atoms with E-state index in [1.165, 1.54) is 6.20 Å². The van der Waals surface area contributed by atoms with Gasteiger partial charge >= 0.3 is 0 Å². The number of rotatable bonds is 2. The van der Waals surface area contributed by atoms with Crippen LogP contribution in [-0.2, 0) is 0 Å². The lowest BCUT2D eigenvalue weighted by molar-refractivity contribution is 0.1000. The minimum atomic E-state index is -0.459. The van der Waals surface area contributed by atoms with Crippen molar-refractivity contribution in [3.8, 4) is 0 Å². The molecule has 4 heteroatoms. The molecule has 1 amide bonds. The van der Waals surface area contributed by atoms with Crippen molar-refractivity contribution >= 4 is 11.7 Å². The number of anilines is 1. The van der Waals surface area contributed by atoms with Crippen LogP contribution in [0.4, 0.5) is 5.82 Å². The Morgan fingerprint density at radius 1 is 1.43 bits per heavy atom. The molecular formula is C10H15N3O. The number of carbonyl (C=O) groups excluding carboxylic acids is 1. The summed E-state index contributed by atoms with van der Waals surface area (Å²) in [7, 11) is 0. The van der Waals surface area contributed by atoms with Gasteiger partial charge in [-0.3, -0.25) is 4.79 Å². The molecule has 1 aromatic heterocycles. The average molecular weight is 193 g/mol. The second-order valence-electron chi connectivity index (χ2n) is 4.17. The molecule has 4 nitrogen and oxygen atoms in total. The lowest BCUT2D eigenvalue weighted by atomic mass is 10.1. The summed E-state index contributed by atoms with van der Waals surface area (Å²) in [6.07, 6.45) is 1.47. The maximum atomic E-state index is 10.8. The average Bonchev–Trinajstić information content (AvgIpc) is 2.02. The van der Waals surface area contributed by atoms with Gasteiger partial charge in [0.15, 0.2) is 0 Å². The Hall–Kier alpha value is -1.58. The first kappa shape index (κ1) is 10.5. The Balaban J connectivity index is 2.79. The van der Waals surface area contributed by atoms with Gasteiger partial charge in [0.05, 0.1) is 5.56 Å². The van der Waals surface area contributed by atoms with Crippen LogP contribution in [0.15, 0.2) is 18.3 Å². The first-order valence-corrected chi connectivity index (χ1v) is 4.42. The predicted octanol–water partition coefficient (Wildman–Crippen LogP) is 1.39. The van der Waals surface area contributed by atoms with Gasteiger partial charge in [0.2, 0.25) is 5.91 Å². The van der Waals surface area contributed by atoms with Crippen molar-refractivity contribution < 1.29 is 4.79 Å². The van der Waals surface area contributed by atoms with E-state index in [9.17, 15) is 4.79 Å². The van der Waals surface area contributed by atoms with Gasteiger partial charge in [-0.2, -0.15) is 0 Å². The van der Waals surface area contributed by atoms with Crippen LogP contribution in [0.5, 0.6) is 0 Å². The number of hydrogen-bond donors (Lipinski definition) is 2. The Morgan fingerprint density at radius 2 is 2.07 bits per heavy atom. The van der Waals surface area contributed by atoms with Crippen molar-refractivity contribution in [2.45, 2.75) is 26.3 Å². The molecule has 0 aromatic carbocycles. The molecule has 0 saturated heterocycles. The molecule has 3 N–H and O–H groups in total. The number of pyridine rings is 1. The molecule has 0 bridgehead atoms. The zero-order chi connectivity index (χ0) is 10.8. The van der Waals surface area contributed by atoms with E-state index in [0.29, 0.717) is 5.56 Å². The Labute approximate surface area is 83.5 Å². The van der Waals surface area contributed by atoms with Gasteiger partial charge in [-0.15, -0.1) is 0 Å². The van der Waals surface area contributed by atoms with Crippen molar-refractivity contribution in [2.24, 2.45) is 5.73 Å². The molecule has 1 rings (SSSR count). The fourth-order valence-electron chi connectivity index (χ4n) is 0.998. The molecule has 0 aliphatic heterocycles. The molecule has 1 heterocycles. The highest BCUT2D eigenvalue weighted by molar-refractivity contribution is 5.92. The quantitative estimate of drug-likeness (QED) is 0.745. The molecule has 0 fully saturated rings. The minimum absolute atomic E-state index is 0.0404. The van der Waals surface area contributed by atoms with E-state index >= 15 is 0 Å². The van der Waals surface area contributed by atoms with Gasteiger partial charge in [0.25, 0.3) is 0 Å². The second-order valence-corrected chi connectivity index (χ2v) is 4.17. The van der Waals surface area contributed by atoms with E-state index in [0.717, 1.165) is 5.82 Å². The van der Waals surface area contributed by atoms with Gasteiger partial charge in [-0.1, -0.05) is 0 Å². The fraction of sp³-hybridized carbons (Fsp3) is 0.400. The monoisotopic (exact) mass is 193 g/mol. The number of nitrogens with one attached hydrogen (secondary N) is 1. The van der Waals surface area contributed by atoms with Crippen LogP contribution >= 0.6 is 0 Å². The first-order valence-electron chi connectivity index (χ1n) is 4.42. The second kappa shape index (κ2) is 3.65. The largest absolute Gasteiger partial charge is 0.366 e. The van der Waals surface area contributed by atoms with Gasteiger partial charge in [-0.05, 0) is 32.9 Å². The summed E-state index contributed by atoms with van der Waals surface area (Å²) in [5.41, 5.74) is 5.47. The fourth-order valence-corrected chi connectivity index (χ4v) is 0.998. The highest BCUT2D eigenvalue weighted by Gasteiger charge is 2.10. The van der Waals surface area contributed by atoms with E-state index in [1.54, 1.807) is 12.1 Å². The highest BCUT2D eigenvalue weighted by Crippen LogP contribution is 2.11. The van der Waals surface area contributed by atoms with E-state index in [-0.39, 0.29) is 5.54 Å². The topological polar surface area (TPSA) is 68.0 Å². The summed E-state index contributed by atoms with van der Waals surface area (Å²) in [5, 5.41) is 3.18. The van der Waals surface area contributed by atoms with E-state index < -0.39 is 5.91 Å². The maximum Gasteiger partial charge on any atom is 0.250 e. The van der Waals surface area contributed by atoms with E-state index in [4.69, 9.17) is 5.73 Å². The molecule has 14 heavy (non-hydrogen) atoms. The smallest absolute Gasteiger partial charge is 0.250 e. The normalized spacial score (nSPS) is 11.1. The molecule has 0 aliphatic rings. The number of aromatic nitrogens is 1. The van der Waals surface area contributed by atoms with Gasteiger partial charge in [0, 0.05) is 11.7 Å². The SMILES string of the molecule is CC(C)(C)Nc1ccc(C(N)=O)cn1. The minimum Gasteiger partial charge on any atom is -0.366 e. The molecule has 1 aromatic rings. The van der Waals surface area contributed by atoms with Crippen molar-refractivity contribution in [3.63, 3.8) is 0 Å². The van der Waals surface area contributed by atoms with Crippen molar-refractivity contribution in [1.82, 2.24) is 4.98 Å². The molecule has 0 spiro atoms. The van der Waals surface area contributed by atoms with Crippen LogP contribution in [0.3, 0.4) is 0 Å². The third kappa shape index (κ3) is 3.05. The van der Waals surface area contributed by atoms with Gasteiger partial charge < -0.3 is 11.1 Å². The number of nitrogens with two attached hydrogens (primary N) is 1. The standard InChI is InChI=1S/C10H15N3O/c1-10(2,3)13-8-5-4-7(6-12-8)9(11)14/h4-6H,1-3H3,(H2,11,14)(H,12,13). The number of amides is 1. The maximum absolute atomic E-state index is 10.8. The van der Waals surface area contributed by atoms with Crippen LogP contribution in [0.25, 0.3) is 0 Å². The predicted molar refractivity (Wildman–Crippen MR) is 56.1 cm³/mol. The molecule has 0 atom stereocenters. The summed E-state index contributed by atoms with van der Waals surface area (Å²) in [5.74, 6) is 0.280. The van der Waals surface area contributed by atoms with Gasteiger partial charge in [0.1, 0.15) is 5.82 Å². The summed E-state index contributed by atoms with van der Waals surface area (Å²) >= 11 is 0. The van der Waals surface area contributed by atoms with Gasteiger partial charge in [-0.25, -0.2) is 4.98 Å². The lowest BCUT2D eigenvalue weighted by Gasteiger charge is -2.21. The van der Waals surface area contributed by atoms with Crippen molar-refractivity contribution in [2.75, 3.05) is 5.32 Å². The van der Waals surface area contributed by atoms with Crippen LogP contribution in [0.2, 0.25) is 0 Å². The van der Waals surface area contributed by atoms with Crippen molar-refractivity contribution in [3.05, 3.63) is 23.9 Å². The van der Waals surface area contributed by atoms with Crippen LogP contribution < -0.4 is 11.1 Å². The molecular weight excluding hydrogens is 178 g/mol. The van der Waals surface area contributed by atoms with E-state index in [2.05, 4.69) is 10.3 Å². The highest BCUT2D eigenvalue weighted by atomic mass is 16.1. The summed E-state index contributed by atoms with van der Waals surface area (Å²) in [6, 6.07) is 3.40. The number of carbonyl (C=O) groups is 1.